The maximum absolute atomic E-state index is 9.28. The molecule has 1 aromatic heterocycles. The van der Waals surface area contributed by atoms with Crippen LogP contribution in [0.4, 0.5) is 5.69 Å². The van der Waals surface area contributed by atoms with Crippen LogP contribution < -0.4 is 5.32 Å². The van der Waals surface area contributed by atoms with Crippen molar-refractivity contribution in [1.29, 1.82) is 5.26 Å². The van der Waals surface area contributed by atoms with Crippen LogP contribution in [0.3, 0.4) is 0 Å². The van der Waals surface area contributed by atoms with Gasteiger partial charge in [-0.25, -0.2) is 0 Å². The summed E-state index contributed by atoms with van der Waals surface area (Å²) < 4.78 is 0. The first-order valence-electron chi connectivity index (χ1n) is 6.89. The van der Waals surface area contributed by atoms with E-state index < -0.39 is 0 Å². The number of nitriles is 1. The van der Waals surface area contributed by atoms with Gasteiger partial charge in [0.1, 0.15) is 6.07 Å². The number of anilines is 1. The molecule has 20 heavy (non-hydrogen) atoms. The van der Waals surface area contributed by atoms with E-state index in [0.29, 0.717) is 17.5 Å². The lowest BCUT2D eigenvalue weighted by Gasteiger charge is -2.10. The summed E-state index contributed by atoms with van der Waals surface area (Å²) in [6.45, 7) is 3.85. The normalized spacial score (nSPS) is 20.2. The SMILES string of the molecule is Cc1cc(NC2CC2c2ccccc2)c(C#N)c(C)n1. The smallest absolute Gasteiger partial charge is 0.103 e. The Morgan fingerprint density at radius 2 is 2.00 bits per heavy atom. The molecule has 1 aliphatic rings. The summed E-state index contributed by atoms with van der Waals surface area (Å²) in [5.74, 6) is 0.552. The molecule has 3 rings (SSSR count). The molecule has 0 bridgehead atoms. The van der Waals surface area contributed by atoms with Crippen LogP contribution in [-0.2, 0) is 0 Å². The minimum absolute atomic E-state index is 0.422. The topological polar surface area (TPSA) is 48.7 Å². The summed E-state index contributed by atoms with van der Waals surface area (Å²) in [4.78, 5) is 4.35. The highest BCUT2D eigenvalue weighted by atomic mass is 15.0. The molecule has 1 fully saturated rings. The monoisotopic (exact) mass is 263 g/mol. The van der Waals surface area contributed by atoms with Gasteiger partial charge in [-0.1, -0.05) is 30.3 Å². The van der Waals surface area contributed by atoms with Crippen LogP contribution in [-0.4, -0.2) is 11.0 Å². The van der Waals surface area contributed by atoms with Crippen molar-refractivity contribution in [2.24, 2.45) is 0 Å². The van der Waals surface area contributed by atoms with Gasteiger partial charge in [-0.2, -0.15) is 5.26 Å². The largest absolute Gasteiger partial charge is 0.380 e. The van der Waals surface area contributed by atoms with E-state index in [1.54, 1.807) is 0 Å². The highest BCUT2D eigenvalue weighted by molar-refractivity contribution is 5.61. The Morgan fingerprint density at radius 1 is 1.25 bits per heavy atom. The summed E-state index contributed by atoms with van der Waals surface area (Å²) in [6.07, 6.45) is 1.12. The fraction of sp³-hybridized carbons (Fsp3) is 0.294. The van der Waals surface area contributed by atoms with Crippen molar-refractivity contribution >= 4 is 5.69 Å². The lowest BCUT2D eigenvalue weighted by atomic mass is 10.1. The molecule has 2 aromatic rings. The van der Waals surface area contributed by atoms with Gasteiger partial charge in [0, 0.05) is 17.7 Å². The molecule has 1 aromatic carbocycles. The summed E-state index contributed by atoms with van der Waals surface area (Å²) in [7, 11) is 0. The number of nitrogens with zero attached hydrogens (tertiary/aromatic N) is 2. The average Bonchev–Trinajstić information content (AvgIpc) is 3.18. The summed E-state index contributed by atoms with van der Waals surface area (Å²) in [5, 5.41) is 12.8. The molecule has 0 aliphatic heterocycles. The Labute approximate surface area is 119 Å². The van der Waals surface area contributed by atoms with Crippen molar-refractivity contribution in [3.8, 4) is 6.07 Å². The number of pyridine rings is 1. The van der Waals surface area contributed by atoms with Gasteiger partial charge in [0.05, 0.1) is 16.9 Å². The van der Waals surface area contributed by atoms with Gasteiger partial charge >= 0.3 is 0 Å². The van der Waals surface area contributed by atoms with Crippen molar-refractivity contribution in [3.63, 3.8) is 0 Å². The number of aromatic nitrogens is 1. The second kappa shape index (κ2) is 4.97. The molecule has 3 heteroatoms. The number of nitrogens with one attached hydrogen (secondary N) is 1. The van der Waals surface area contributed by atoms with Crippen molar-refractivity contribution in [3.05, 3.63) is 58.9 Å². The second-order valence-corrected chi connectivity index (χ2v) is 5.39. The van der Waals surface area contributed by atoms with Crippen molar-refractivity contribution in [2.45, 2.75) is 32.2 Å². The van der Waals surface area contributed by atoms with E-state index in [1.165, 1.54) is 5.56 Å². The van der Waals surface area contributed by atoms with E-state index in [9.17, 15) is 5.26 Å². The molecule has 1 heterocycles. The van der Waals surface area contributed by atoms with E-state index in [-0.39, 0.29) is 0 Å². The zero-order valence-corrected chi connectivity index (χ0v) is 11.7. The van der Waals surface area contributed by atoms with Gasteiger partial charge in [-0.3, -0.25) is 4.98 Å². The minimum atomic E-state index is 0.422. The Hall–Kier alpha value is -2.34. The molecule has 1 saturated carbocycles. The summed E-state index contributed by atoms with van der Waals surface area (Å²) >= 11 is 0. The molecule has 0 spiro atoms. The van der Waals surface area contributed by atoms with E-state index in [1.807, 2.05) is 26.0 Å². The zero-order chi connectivity index (χ0) is 14.1. The van der Waals surface area contributed by atoms with Gasteiger partial charge in [-0.15, -0.1) is 0 Å². The first-order chi connectivity index (χ1) is 9.69. The molecule has 1 aliphatic carbocycles. The van der Waals surface area contributed by atoms with Gasteiger partial charge in [-0.05, 0) is 31.9 Å². The Kier molecular flexibility index (Phi) is 3.15. The van der Waals surface area contributed by atoms with Crippen LogP contribution in [0.1, 0.15) is 34.9 Å². The molecule has 100 valence electrons. The number of benzene rings is 1. The molecule has 2 atom stereocenters. The van der Waals surface area contributed by atoms with Crippen molar-refractivity contribution in [2.75, 3.05) is 5.32 Å². The van der Waals surface area contributed by atoms with E-state index >= 15 is 0 Å². The average molecular weight is 263 g/mol. The first kappa shape index (κ1) is 12.7. The third kappa shape index (κ3) is 2.37. The predicted molar refractivity (Wildman–Crippen MR) is 79.6 cm³/mol. The third-order valence-corrected chi connectivity index (χ3v) is 3.80. The third-order valence-electron chi connectivity index (χ3n) is 3.80. The molecular formula is C17H17N3. The predicted octanol–water partition coefficient (Wildman–Crippen LogP) is 3.54. The van der Waals surface area contributed by atoms with Crippen LogP contribution in [0.2, 0.25) is 0 Å². The Bertz CT molecular complexity index is 671. The van der Waals surface area contributed by atoms with Gasteiger partial charge in [0.15, 0.2) is 0 Å². The van der Waals surface area contributed by atoms with Crippen LogP contribution >= 0.6 is 0 Å². The fourth-order valence-corrected chi connectivity index (χ4v) is 2.71. The molecule has 3 nitrogen and oxygen atoms in total. The number of aryl methyl sites for hydroxylation is 2. The molecule has 0 saturated heterocycles. The number of hydrogen-bond donors (Lipinski definition) is 1. The maximum atomic E-state index is 9.28. The molecule has 0 amide bonds. The summed E-state index contributed by atoms with van der Waals surface area (Å²) in [5.41, 5.74) is 4.69. The van der Waals surface area contributed by atoms with E-state index in [4.69, 9.17) is 0 Å². The number of hydrogen-bond acceptors (Lipinski definition) is 3. The maximum Gasteiger partial charge on any atom is 0.103 e. The Balaban J connectivity index is 1.79. The van der Waals surface area contributed by atoms with Gasteiger partial charge < -0.3 is 5.32 Å². The summed E-state index contributed by atoms with van der Waals surface area (Å²) in [6, 6.07) is 15.2. The van der Waals surface area contributed by atoms with Crippen LogP contribution in [0, 0.1) is 25.2 Å². The standard InChI is InChI=1S/C17H17N3/c1-11-8-16(15(10-18)12(2)19-11)20-17-9-14(17)13-6-4-3-5-7-13/h3-8,14,17H,9H2,1-2H3,(H,19,20). The van der Waals surface area contributed by atoms with Crippen LogP contribution in [0.5, 0.6) is 0 Å². The molecule has 2 unspecified atom stereocenters. The zero-order valence-electron chi connectivity index (χ0n) is 11.7. The molecule has 1 N–H and O–H groups in total. The van der Waals surface area contributed by atoms with Crippen molar-refractivity contribution in [1.82, 2.24) is 4.98 Å². The molecule has 0 radical (unpaired) electrons. The highest BCUT2D eigenvalue weighted by Crippen LogP contribution is 2.43. The van der Waals surface area contributed by atoms with Gasteiger partial charge in [0.2, 0.25) is 0 Å². The van der Waals surface area contributed by atoms with Crippen LogP contribution in [0.15, 0.2) is 36.4 Å². The fourth-order valence-electron chi connectivity index (χ4n) is 2.71. The van der Waals surface area contributed by atoms with E-state index in [0.717, 1.165) is 23.5 Å². The molecular weight excluding hydrogens is 246 g/mol. The number of rotatable bonds is 3. The highest BCUT2D eigenvalue weighted by Gasteiger charge is 2.38. The Morgan fingerprint density at radius 3 is 2.70 bits per heavy atom. The lowest BCUT2D eigenvalue weighted by Crippen LogP contribution is -2.08. The lowest BCUT2D eigenvalue weighted by molar-refractivity contribution is 1.03. The van der Waals surface area contributed by atoms with Crippen molar-refractivity contribution < 1.29 is 0 Å². The van der Waals surface area contributed by atoms with E-state index in [2.05, 4.69) is 40.6 Å². The van der Waals surface area contributed by atoms with Gasteiger partial charge in [0.25, 0.3) is 0 Å². The second-order valence-electron chi connectivity index (χ2n) is 5.39. The van der Waals surface area contributed by atoms with Crippen LogP contribution in [0.25, 0.3) is 0 Å². The first-order valence-corrected chi connectivity index (χ1v) is 6.89. The quantitative estimate of drug-likeness (QED) is 0.921. The minimum Gasteiger partial charge on any atom is -0.380 e.